The fourth-order valence-electron chi connectivity index (χ4n) is 1.14. The Hall–Kier alpha value is -1.78. The monoisotopic (exact) mass is 226 g/mol. The van der Waals surface area contributed by atoms with E-state index in [2.05, 4.69) is 4.99 Å². The lowest BCUT2D eigenvalue weighted by molar-refractivity contribution is -0.115. The number of rotatable bonds is 3. The number of hydrogen-bond donors (Lipinski definition) is 0. The molecular weight excluding hydrogens is 214 g/mol. The van der Waals surface area contributed by atoms with Gasteiger partial charge >= 0.3 is 0 Å². The van der Waals surface area contributed by atoms with Crippen LogP contribution in [0.25, 0.3) is 0 Å². The molecule has 0 radical (unpaired) electrons. The molecule has 1 aromatic carbocycles. The largest absolute Gasteiger partial charge is 0.361 e. The summed E-state index contributed by atoms with van der Waals surface area (Å²) in [6, 6.07) is 3.38. The summed E-state index contributed by atoms with van der Waals surface area (Å²) in [5.41, 5.74) is 0.346. The van der Waals surface area contributed by atoms with E-state index in [0.717, 1.165) is 6.07 Å². The Morgan fingerprint density at radius 1 is 1.50 bits per heavy atom. The highest BCUT2D eigenvalue weighted by molar-refractivity contribution is 5.82. The first kappa shape index (κ1) is 12.3. The van der Waals surface area contributed by atoms with Gasteiger partial charge in [-0.25, -0.2) is 13.8 Å². The van der Waals surface area contributed by atoms with Crippen LogP contribution in [-0.2, 0) is 11.3 Å². The van der Waals surface area contributed by atoms with E-state index < -0.39 is 11.6 Å². The summed E-state index contributed by atoms with van der Waals surface area (Å²) in [4.78, 5) is 15.6. The molecule has 0 heterocycles. The van der Waals surface area contributed by atoms with E-state index >= 15 is 0 Å². The molecule has 0 fully saturated rings. The second-order valence-corrected chi connectivity index (χ2v) is 3.41. The summed E-state index contributed by atoms with van der Waals surface area (Å²) in [6.07, 6.45) is 1.31. The van der Waals surface area contributed by atoms with Crippen molar-refractivity contribution in [1.82, 2.24) is 4.90 Å². The van der Waals surface area contributed by atoms with Crippen LogP contribution in [0.5, 0.6) is 0 Å². The highest BCUT2D eigenvalue weighted by Gasteiger charge is 2.05. The van der Waals surface area contributed by atoms with Crippen molar-refractivity contribution in [3.63, 3.8) is 0 Å². The van der Waals surface area contributed by atoms with E-state index in [4.69, 9.17) is 0 Å². The molecule has 0 atom stereocenters. The summed E-state index contributed by atoms with van der Waals surface area (Å²) in [6.45, 7) is 1.55. The standard InChI is InChI=1S/C11H12F2N2O/c1-8(16)14-7-15(2)6-9-3-4-10(12)5-11(9)13/h3-5,7H,6H2,1-2H3. The fourth-order valence-corrected chi connectivity index (χ4v) is 1.14. The molecule has 5 heteroatoms. The number of halogens is 2. The summed E-state index contributed by atoms with van der Waals surface area (Å²) >= 11 is 0. The quantitative estimate of drug-likeness (QED) is 0.583. The van der Waals surface area contributed by atoms with E-state index in [0.29, 0.717) is 5.56 Å². The molecule has 0 aliphatic heterocycles. The van der Waals surface area contributed by atoms with Crippen LogP contribution in [0.3, 0.4) is 0 Å². The number of carbonyl (C=O) groups excluding carboxylic acids is 1. The molecule has 0 aromatic heterocycles. The first-order valence-corrected chi connectivity index (χ1v) is 4.68. The third-order valence-corrected chi connectivity index (χ3v) is 1.87. The number of hydrogen-bond acceptors (Lipinski definition) is 1. The van der Waals surface area contributed by atoms with Gasteiger partial charge in [-0.05, 0) is 6.07 Å². The smallest absolute Gasteiger partial charge is 0.243 e. The van der Waals surface area contributed by atoms with Gasteiger partial charge in [-0.3, -0.25) is 4.79 Å². The number of aliphatic imine (C=N–C) groups is 1. The summed E-state index contributed by atoms with van der Waals surface area (Å²) in [5, 5.41) is 0. The van der Waals surface area contributed by atoms with E-state index in [9.17, 15) is 13.6 Å². The van der Waals surface area contributed by atoms with Crippen molar-refractivity contribution in [2.45, 2.75) is 13.5 Å². The van der Waals surface area contributed by atoms with Crippen LogP contribution in [0.15, 0.2) is 23.2 Å². The van der Waals surface area contributed by atoms with Gasteiger partial charge in [0.2, 0.25) is 5.91 Å². The SMILES string of the molecule is CC(=O)N=CN(C)Cc1ccc(F)cc1F. The van der Waals surface area contributed by atoms with Crippen molar-refractivity contribution in [3.8, 4) is 0 Å². The van der Waals surface area contributed by atoms with Crippen molar-refractivity contribution in [3.05, 3.63) is 35.4 Å². The van der Waals surface area contributed by atoms with E-state index in [-0.39, 0.29) is 12.5 Å². The molecule has 0 aliphatic rings. The third kappa shape index (κ3) is 3.76. The van der Waals surface area contributed by atoms with Gasteiger partial charge in [0.15, 0.2) is 0 Å². The predicted molar refractivity (Wildman–Crippen MR) is 57.0 cm³/mol. The lowest BCUT2D eigenvalue weighted by Crippen LogP contribution is -2.17. The average molecular weight is 226 g/mol. The molecule has 1 rings (SSSR count). The normalized spacial score (nSPS) is 10.8. The lowest BCUT2D eigenvalue weighted by atomic mass is 10.2. The summed E-state index contributed by atoms with van der Waals surface area (Å²) in [5.74, 6) is -1.55. The first-order valence-electron chi connectivity index (χ1n) is 4.68. The van der Waals surface area contributed by atoms with Gasteiger partial charge in [-0.1, -0.05) is 6.07 Å². The Morgan fingerprint density at radius 3 is 2.75 bits per heavy atom. The van der Waals surface area contributed by atoms with Crippen LogP contribution in [0.2, 0.25) is 0 Å². The number of benzene rings is 1. The average Bonchev–Trinajstić information content (AvgIpc) is 2.19. The predicted octanol–water partition coefficient (Wildman–Crippen LogP) is 1.97. The Bertz CT molecular complexity index is 418. The minimum Gasteiger partial charge on any atom is -0.361 e. The minimum atomic E-state index is -0.610. The molecule has 0 N–H and O–H groups in total. The molecular formula is C11H12F2N2O. The zero-order valence-electron chi connectivity index (χ0n) is 9.08. The van der Waals surface area contributed by atoms with Crippen LogP contribution in [0, 0.1) is 11.6 Å². The van der Waals surface area contributed by atoms with Crippen molar-refractivity contribution in [2.24, 2.45) is 4.99 Å². The Labute approximate surface area is 92.4 Å². The molecule has 0 unspecified atom stereocenters. The van der Waals surface area contributed by atoms with Gasteiger partial charge in [0, 0.05) is 32.1 Å². The van der Waals surface area contributed by atoms with Crippen LogP contribution in [0.4, 0.5) is 8.78 Å². The van der Waals surface area contributed by atoms with Gasteiger partial charge in [-0.2, -0.15) is 0 Å². The van der Waals surface area contributed by atoms with Crippen molar-refractivity contribution < 1.29 is 13.6 Å². The molecule has 0 saturated carbocycles. The van der Waals surface area contributed by atoms with Crippen LogP contribution in [0.1, 0.15) is 12.5 Å². The molecule has 16 heavy (non-hydrogen) atoms. The molecule has 0 bridgehead atoms. The molecule has 0 spiro atoms. The van der Waals surface area contributed by atoms with Crippen molar-refractivity contribution in [1.29, 1.82) is 0 Å². The highest BCUT2D eigenvalue weighted by atomic mass is 19.1. The molecule has 3 nitrogen and oxygen atoms in total. The van der Waals surface area contributed by atoms with E-state index in [1.54, 1.807) is 7.05 Å². The van der Waals surface area contributed by atoms with Gasteiger partial charge in [0.25, 0.3) is 0 Å². The number of carbonyl (C=O) groups is 1. The Kier molecular flexibility index (Phi) is 4.10. The molecule has 0 aliphatic carbocycles. The topological polar surface area (TPSA) is 32.7 Å². The minimum absolute atomic E-state index is 0.225. The van der Waals surface area contributed by atoms with Gasteiger partial charge in [0.05, 0.1) is 6.34 Å². The summed E-state index contributed by atoms with van der Waals surface area (Å²) in [7, 11) is 1.65. The fraction of sp³-hybridized carbons (Fsp3) is 0.273. The second-order valence-electron chi connectivity index (χ2n) is 3.41. The van der Waals surface area contributed by atoms with Crippen LogP contribution >= 0.6 is 0 Å². The Balaban J connectivity index is 2.69. The van der Waals surface area contributed by atoms with Gasteiger partial charge in [0.1, 0.15) is 11.6 Å². The van der Waals surface area contributed by atoms with E-state index in [1.165, 1.54) is 30.3 Å². The molecule has 1 aromatic rings. The van der Waals surface area contributed by atoms with Gasteiger partial charge in [-0.15, -0.1) is 0 Å². The highest BCUT2D eigenvalue weighted by Crippen LogP contribution is 2.10. The molecule has 1 amide bonds. The lowest BCUT2D eigenvalue weighted by Gasteiger charge is -2.13. The third-order valence-electron chi connectivity index (χ3n) is 1.87. The Morgan fingerprint density at radius 2 is 2.19 bits per heavy atom. The second kappa shape index (κ2) is 5.34. The van der Waals surface area contributed by atoms with Crippen molar-refractivity contribution >= 4 is 12.2 Å². The molecule has 86 valence electrons. The maximum absolute atomic E-state index is 13.2. The number of nitrogens with zero attached hydrogens (tertiary/aromatic N) is 2. The maximum atomic E-state index is 13.2. The maximum Gasteiger partial charge on any atom is 0.243 e. The summed E-state index contributed by atoms with van der Waals surface area (Å²) < 4.78 is 25.8. The number of amides is 1. The zero-order valence-corrected chi connectivity index (χ0v) is 9.08. The first-order chi connectivity index (χ1) is 7.49. The zero-order chi connectivity index (χ0) is 12.1. The molecule has 0 saturated heterocycles. The van der Waals surface area contributed by atoms with Crippen molar-refractivity contribution in [2.75, 3.05) is 7.05 Å². The van der Waals surface area contributed by atoms with Crippen LogP contribution in [-0.4, -0.2) is 24.2 Å². The van der Waals surface area contributed by atoms with Gasteiger partial charge < -0.3 is 4.90 Å². The van der Waals surface area contributed by atoms with E-state index in [1.807, 2.05) is 0 Å². The van der Waals surface area contributed by atoms with Crippen LogP contribution < -0.4 is 0 Å².